The predicted molar refractivity (Wildman–Crippen MR) is 85.4 cm³/mol. The van der Waals surface area contributed by atoms with Crippen molar-refractivity contribution in [2.45, 2.75) is 44.9 Å². The molecule has 1 aromatic rings. The monoisotopic (exact) mass is 292 g/mol. The van der Waals surface area contributed by atoms with Gasteiger partial charge in [-0.25, -0.2) is 0 Å². The van der Waals surface area contributed by atoms with Gasteiger partial charge in [-0.05, 0) is 63.4 Å². The van der Waals surface area contributed by atoms with E-state index < -0.39 is 0 Å². The first-order chi connectivity index (χ1) is 10.0. The number of rotatable bonds is 5. The number of nitrogens with two attached hydrogens (primary N) is 1. The van der Waals surface area contributed by atoms with Gasteiger partial charge >= 0.3 is 0 Å². The molecular weight excluding hydrogens is 264 g/mol. The van der Waals surface area contributed by atoms with E-state index in [0.29, 0.717) is 5.92 Å². The first-order valence-electron chi connectivity index (χ1n) is 7.84. The van der Waals surface area contributed by atoms with E-state index >= 15 is 0 Å². The van der Waals surface area contributed by atoms with E-state index in [1.54, 1.807) is 7.11 Å². The summed E-state index contributed by atoms with van der Waals surface area (Å²) in [5, 5.41) is 9.74. The zero-order valence-electron chi connectivity index (χ0n) is 13.3. The van der Waals surface area contributed by atoms with E-state index in [4.69, 9.17) is 10.5 Å². The fourth-order valence-corrected chi connectivity index (χ4v) is 3.35. The summed E-state index contributed by atoms with van der Waals surface area (Å²) in [6.45, 7) is 5.92. The van der Waals surface area contributed by atoms with Crippen LogP contribution in [0.5, 0.6) is 5.75 Å². The number of aliphatic hydroxyl groups excluding tert-OH is 1. The summed E-state index contributed by atoms with van der Waals surface area (Å²) >= 11 is 0. The molecule has 3 N–H and O–H groups in total. The van der Waals surface area contributed by atoms with Crippen molar-refractivity contribution in [3.8, 4) is 5.75 Å². The number of piperidine rings is 1. The molecule has 0 aromatic heterocycles. The van der Waals surface area contributed by atoms with E-state index in [-0.39, 0.29) is 18.2 Å². The van der Waals surface area contributed by atoms with Crippen molar-refractivity contribution in [3.05, 3.63) is 29.8 Å². The number of ether oxygens (including phenoxy) is 1. The van der Waals surface area contributed by atoms with E-state index in [9.17, 15) is 5.11 Å². The first-order valence-corrected chi connectivity index (χ1v) is 7.84. The topological polar surface area (TPSA) is 58.7 Å². The molecule has 1 aliphatic rings. The van der Waals surface area contributed by atoms with Crippen molar-refractivity contribution in [2.24, 2.45) is 11.7 Å². The molecule has 3 unspecified atom stereocenters. The fourth-order valence-electron chi connectivity index (χ4n) is 3.35. The van der Waals surface area contributed by atoms with Gasteiger partial charge in [0, 0.05) is 12.1 Å². The van der Waals surface area contributed by atoms with Crippen LogP contribution in [-0.4, -0.2) is 42.4 Å². The maximum atomic E-state index is 9.74. The number of likely N-dealkylation sites (tertiary alicyclic amines) is 1. The molecule has 0 spiro atoms. The van der Waals surface area contributed by atoms with Gasteiger partial charge in [0.25, 0.3) is 0 Å². The quantitative estimate of drug-likeness (QED) is 0.873. The van der Waals surface area contributed by atoms with Crippen molar-refractivity contribution in [1.82, 2.24) is 4.90 Å². The molecule has 4 heteroatoms. The molecule has 118 valence electrons. The molecule has 1 aliphatic heterocycles. The lowest BCUT2D eigenvalue weighted by Crippen LogP contribution is -2.45. The van der Waals surface area contributed by atoms with Gasteiger partial charge in [-0.1, -0.05) is 12.1 Å². The molecule has 0 radical (unpaired) electrons. The molecular formula is C17H28N2O2. The summed E-state index contributed by atoms with van der Waals surface area (Å²) in [5.41, 5.74) is 7.46. The number of hydrogen-bond donors (Lipinski definition) is 2. The van der Waals surface area contributed by atoms with Crippen LogP contribution in [0.25, 0.3) is 0 Å². The maximum Gasteiger partial charge on any atom is 0.119 e. The van der Waals surface area contributed by atoms with Crippen LogP contribution in [0, 0.1) is 5.92 Å². The Labute approximate surface area is 127 Å². The molecule has 1 fully saturated rings. The van der Waals surface area contributed by atoms with Crippen molar-refractivity contribution in [1.29, 1.82) is 0 Å². The van der Waals surface area contributed by atoms with Crippen LogP contribution in [-0.2, 0) is 0 Å². The maximum absolute atomic E-state index is 9.74. The van der Waals surface area contributed by atoms with Crippen molar-refractivity contribution in [2.75, 3.05) is 20.2 Å². The molecule has 0 amide bonds. The summed E-state index contributed by atoms with van der Waals surface area (Å²) in [4.78, 5) is 2.44. The normalized spacial score (nSPS) is 21.8. The van der Waals surface area contributed by atoms with Gasteiger partial charge in [0.15, 0.2) is 0 Å². The van der Waals surface area contributed by atoms with Crippen molar-refractivity contribution < 1.29 is 9.84 Å². The summed E-state index contributed by atoms with van der Waals surface area (Å²) in [7, 11) is 1.69. The second-order valence-electron chi connectivity index (χ2n) is 6.19. The van der Waals surface area contributed by atoms with Crippen LogP contribution in [0.1, 0.15) is 38.3 Å². The average molecular weight is 292 g/mol. The SMILES string of the molecule is COc1cccc(C(C(C)N)N2CCC(C(C)O)CC2)c1. The van der Waals surface area contributed by atoms with Crippen LogP contribution in [0.4, 0.5) is 0 Å². The third-order valence-corrected chi connectivity index (χ3v) is 4.58. The van der Waals surface area contributed by atoms with Crippen LogP contribution in [0.3, 0.4) is 0 Å². The average Bonchev–Trinajstić information content (AvgIpc) is 2.48. The van der Waals surface area contributed by atoms with Crippen LogP contribution >= 0.6 is 0 Å². The standard InChI is InChI=1S/C17H28N2O2/c1-12(18)17(15-5-4-6-16(11-15)21-3)19-9-7-14(8-10-19)13(2)20/h4-6,11-14,17,20H,7-10,18H2,1-3H3. The van der Waals surface area contributed by atoms with Gasteiger partial charge in [0.05, 0.1) is 13.2 Å². The molecule has 21 heavy (non-hydrogen) atoms. The van der Waals surface area contributed by atoms with Gasteiger partial charge in [0.1, 0.15) is 5.75 Å². The fraction of sp³-hybridized carbons (Fsp3) is 0.647. The van der Waals surface area contributed by atoms with Gasteiger partial charge in [0.2, 0.25) is 0 Å². The molecule has 0 bridgehead atoms. The number of methoxy groups -OCH3 is 1. The third-order valence-electron chi connectivity index (χ3n) is 4.58. The van der Waals surface area contributed by atoms with Gasteiger partial charge in [-0.3, -0.25) is 4.90 Å². The Morgan fingerprint density at radius 3 is 2.48 bits per heavy atom. The highest BCUT2D eigenvalue weighted by Gasteiger charge is 2.30. The molecule has 2 rings (SSSR count). The zero-order chi connectivity index (χ0) is 15.4. The lowest BCUT2D eigenvalue weighted by Gasteiger charge is -2.40. The van der Waals surface area contributed by atoms with E-state index in [1.165, 1.54) is 5.56 Å². The van der Waals surface area contributed by atoms with E-state index in [1.807, 2.05) is 19.1 Å². The Morgan fingerprint density at radius 2 is 1.95 bits per heavy atom. The molecule has 4 nitrogen and oxygen atoms in total. The number of hydrogen-bond acceptors (Lipinski definition) is 4. The summed E-state index contributed by atoms with van der Waals surface area (Å²) < 4.78 is 5.33. The van der Waals surface area contributed by atoms with Crippen LogP contribution in [0.2, 0.25) is 0 Å². The van der Waals surface area contributed by atoms with Crippen LogP contribution in [0.15, 0.2) is 24.3 Å². The minimum Gasteiger partial charge on any atom is -0.497 e. The lowest BCUT2D eigenvalue weighted by molar-refractivity contribution is 0.0511. The Bertz CT molecular complexity index is 440. The van der Waals surface area contributed by atoms with Crippen molar-refractivity contribution >= 4 is 0 Å². The molecule has 3 atom stereocenters. The number of benzene rings is 1. The zero-order valence-corrected chi connectivity index (χ0v) is 13.3. The minimum absolute atomic E-state index is 0.0557. The molecule has 0 saturated carbocycles. The lowest BCUT2D eigenvalue weighted by atomic mass is 9.89. The second-order valence-corrected chi connectivity index (χ2v) is 6.19. The Hall–Kier alpha value is -1.10. The summed E-state index contributed by atoms with van der Waals surface area (Å²) in [5.74, 6) is 1.29. The smallest absolute Gasteiger partial charge is 0.119 e. The Kier molecular flexibility index (Phi) is 5.62. The number of aliphatic hydroxyl groups is 1. The largest absolute Gasteiger partial charge is 0.497 e. The minimum atomic E-state index is -0.210. The van der Waals surface area contributed by atoms with E-state index in [2.05, 4.69) is 24.0 Å². The second kappa shape index (κ2) is 7.25. The first kappa shape index (κ1) is 16.3. The van der Waals surface area contributed by atoms with Gasteiger partial charge in [-0.2, -0.15) is 0 Å². The molecule has 1 saturated heterocycles. The Morgan fingerprint density at radius 1 is 1.29 bits per heavy atom. The molecule has 1 heterocycles. The summed E-state index contributed by atoms with van der Waals surface area (Å²) in [6, 6.07) is 8.44. The van der Waals surface area contributed by atoms with E-state index in [0.717, 1.165) is 31.7 Å². The van der Waals surface area contributed by atoms with Gasteiger partial charge < -0.3 is 15.6 Å². The highest BCUT2D eigenvalue weighted by atomic mass is 16.5. The number of nitrogens with zero attached hydrogens (tertiary/aromatic N) is 1. The highest BCUT2D eigenvalue weighted by Crippen LogP contribution is 2.31. The van der Waals surface area contributed by atoms with Crippen LogP contribution < -0.4 is 10.5 Å². The Balaban J connectivity index is 2.13. The predicted octanol–water partition coefficient (Wildman–Crippen LogP) is 2.18. The summed E-state index contributed by atoms with van der Waals surface area (Å²) in [6.07, 6.45) is 1.85. The molecule has 1 aromatic carbocycles. The van der Waals surface area contributed by atoms with Gasteiger partial charge in [-0.15, -0.1) is 0 Å². The van der Waals surface area contributed by atoms with Crippen molar-refractivity contribution in [3.63, 3.8) is 0 Å². The highest BCUT2D eigenvalue weighted by molar-refractivity contribution is 5.31. The molecule has 0 aliphatic carbocycles. The third kappa shape index (κ3) is 3.96.